The smallest absolute Gasteiger partial charge is 0.236 e. The number of hydrogen-bond acceptors (Lipinski definition) is 4. The number of hydrogen-bond donors (Lipinski definition) is 1. The molecule has 0 bridgehead atoms. The van der Waals surface area contributed by atoms with E-state index in [2.05, 4.69) is 22.0 Å². The Balaban J connectivity index is 0.00000363. The molecular formula is C23H38FIN6O. The van der Waals surface area contributed by atoms with Gasteiger partial charge < -0.3 is 20.0 Å². The molecule has 0 atom stereocenters. The molecule has 0 unspecified atom stereocenters. The van der Waals surface area contributed by atoms with Crippen molar-refractivity contribution in [3.05, 3.63) is 35.1 Å². The van der Waals surface area contributed by atoms with Crippen LogP contribution < -0.4 is 5.32 Å². The molecule has 7 nitrogen and oxygen atoms in total. The van der Waals surface area contributed by atoms with Crippen molar-refractivity contribution in [1.82, 2.24) is 24.9 Å². The van der Waals surface area contributed by atoms with Crippen molar-refractivity contribution in [3.8, 4) is 0 Å². The molecule has 0 saturated carbocycles. The Morgan fingerprint density at radius 3 is 2.41 bits per heavy atom. The Morgan fingerprint density at radius 1 is 1.09 bits per heavy atom. The van der Waals surface area contributed by atoms with E-state index in [4.69, 9.17) is 4.99 Å². The lowest BCUT2D eigenvalue weighted by atomic mass is 10.1. The summed E-state index contributed by atoms with van der Waals surface area (Å²) in [5.74, 6) is 0.968. The van der Waals surface area contributed by atoms with Crippen LogP contribution in [0.4, 0.5) is 4.39 Å². The summed E-state index contributed by atoms with van der Waals surface area (Å²) < 4.78 is 14.1. The highest BCUT2D eigenvalue weighted by Crippen LogP contribution is 2.14. The molecule has 32 heavy (non-hydrogen) atoms. The number of carbonyl (C=O) groups excluding carboxylic acids is 1. The first-order valence-electron chi connectivity index (χ1n) is 11.4. The van der Waals surface area contributed by atoms with Crippen molar-refractivity contribution in [3.63, 3.8) is 0 Å². The highest BCUT2D eigenvalue weighted by atomic mass is 127. The van der Waals surface area contributed by atoms with Gasteiger partial charge in [-0.25, -0.2) is 9.38 Å². The van der Waals surface area contributed by atoms with Crippen LogP contribution in [0.1, 0.15) is 30.9 Å². The van der Waals surface area contributed by atoms with E-state index in [-0.39, 0.29) is 35.7 Å². The first-order valence-corrected chi connectivity index (χ1v) is 11.4. The van der Waals surface area contributed by atoms with Crippen molar-refractivity contribution in [1.29, 1.82) is 0 Å². The number of guanidine groups is 1. The zero-order chi connectivity index (χ0) is 22.2. The van der Waals surface area contributed by atoms with E-state index in [9.17, 15) is 9.18 Å². The molecule has 0 aromatic heterocycles. The van der Waals surface area contributed by atoms with E-state index in [1.807, 2.05) is 36.0 Å². The van der Waals surface area contributed by atoms with Crippen LogP contribution in [0.3, 0.4) is 0 Å². The monoisotopic (exact) mass is 560 g/mol. The molecule has 2 fully saturated rings. The van der Waals surface area contributed by atoms with Crippen LogP contribution in [-0.4, -0.2) is 97.9 Å². The fourth-order valence-electron chi connectivity index (χ4n) is 4.16. The molecule has 2 heterocycles. The Morgan fingerprint density at radius 2 is 1.78 bits per heavy atom. The zero-order valence-electron chi connectivity index (χ0n) is 19.6. The predicted molar refractivity (Wildman–Crippen MR) is 138 cm³/mol. The summed E-state index contributed by atoms with van der Waals surface area (Å²) in [4.78, 5) is 25.7. The van der Waals surface area contributed by atoms with E-state index < -0.39 is 0 Å². The topological polar surface area (TPSA) is 54.4 Å². The summed E-state index contributed by atoms with van der Waals surface area (Å²) in [5, 5.41) is 3.38. The molecule has 0 spiro atoms. The Hall–Kier alpha value is -1.46. The van der Waals surface area contributed by atoms with Gasteiger partial charge in [-0.2, -0.15) is 0 Å². The lowest BCUT2D eigenvalue weighted by Gasteiger charge is -2.36. The van der Waals surface area contributed by atoms with Gasteiger partial charge >= 0.3 is 0 Å². The minimum absolute atomic E-state index is 0. The van der Waals surface area contributed by atoms with Crippen LogP contribution in [-0.2, 0) is 17.9 Å². The van der Waals surface area contributed by atoms with E-state index in [0.717, 1.165) is 70.2 Å². The molecule has 1 aromatic rings. The average Bonchev–Trinajstić information content (AvgIpc) is 3.29. The third kappa shape index (κ3) is 7.84. The maximum Gasteiger partial charge on any atom is 0.236 e. The number of amides is 1. The van der Waals surface area contributed by atoms with E-state index in [1.54, 1.807) is 0 Å². The molecule has 1 N–H and O–H groups in total. The third-order valence-electron chi connectivity index (χ3n) is 5.83. The number of nitrogens with one attached hydrogen (secondary N) is 1. The van der Waals surface area contributed by atoms with Gasteiger partial charge in [0.25, 0.3) is 0 Å². The van der Waals surface area contributed by atoms with Crippen LogP contribution in [0.25, 0.3) is 0 Å². The average molecular weight is 561 g/mol. The Kier molecular flexibility index (Phi) is 11.1. The number of nitrogens with zero attached hydrogens (tertiary/aromatic N) is 5. The number of rotatable bonds is 7. The fourth-order valence-corrected chi connectivity index (χ4v) is 4.16. The molecule has 1 aromatic carbocycles. The molecule has 2 aliphatic rings. The second-order valence-electron chi connectivity index (χ2n) is 8.68. The highest BCUT2D eigenvalue weighted by molar-refractivity contribution is 14.0. The summed E-state index contributed by atoms with van der Waals surface area (Å²) in [6, 6.07) is 5.25. The van der Waals surface area contributed by atoms with Gasteiger partial charge in [0.2, 0.25) is 5.91 Å². The molecule has 2 saturated heterocycles. The maximum absolute atomic E-state index is 14.1. The second-order valence-corrected chi connectivity index (χ2v) is 8.68. The molecule has 3 rings (SSSR count). The molecular weight excluding hydrogens is 522 g/mol. The summed E-state index contributed by atoms with van der Waals surface area (Å²) >= 11 is 0. The maximum atomic E-state index is 14.1. The normalized spacial score (nSPS) is 17.6. The minimum atomic E-state index is -0.173. The fraction of sp³-hybridized carbons (Fsp3) is 0.652. The van der Waals surface area contributed by atoms with Gasteiger partial charge in [-0.15, -0.1) is 24.0 Å². The molecule has 180 valence electrons. The Bertz CT molecular complexity index is 761. The molecule has 2 aliphatic heterocycles. The highest BCUT2D eigenvalue weighted by Gasteiger charge is 2.24. The Labute approximate surface area is 209 Å². The summed E-state index contributed by atoms with van der Waals surface area (Å²) in [7, 11) is 3.87. The number of aliphatic imine (C=N–C) groups is 1. The summed E-state index contributed by atoms with van der Waals surface area (Å²) in [6.07, 6.45) is 2.26. The van der Waals surface area contributed by atoms with Crippen LogP contribution in [0.5, 0.6) is 0 Å². The first-order chi connectivity index (χ1) is 15.0. The number of likely N-dealkylation sites (tertiary alicyclic amines) is 1. The van der Waals surface area contributed by atoms with E-state index in [1.165, 1.54) is 6.07 Å². The van der Waals surface area contributed by atoms with Gasteiger partial charge in [-0.1, -0.05) is 6.07 Å². The van der Waals surface area contributed by atoms with Crippen molar-refractivity contribution < 1.29 is 9.18 Å². The van der Waals surface area contributed by atoms with E-state index in [0.29, 0.717) is 25.2 Å². The summed E-state index contributed by atoms with van der Waals surface area (Å²) in [6.45, 7) is 9.68. The van der Waals surface area contributed by atoms with Gasteiger partial charge in [-0.3, -0.25) is 9.69 Å². The number of halogens is 2. The zero-order valence-corrected chi connectivity index (χ0v) is 22.0. The molecule has 0 aliphatic carbocycles. The number of benzene rings is 1. The first kappa shape index (κ1) is 26.8. The third-order valence-corrected chi connectivity index (χ3v) is 5.83. The van der Waals surface area contributed by atoms with Gasteiger partial charge in [0, 0.05) is 57.9 Å². The van der Waals surface area contributed by atoms with Crippen LogP contribution >= 0.6 is 24.0 Å². The van der Waals surface area contributed by atoms with Gasteiger partial charge in [0.1, 0.15) is 5.82 Å². The molecule has 0 radical (unpaired) electrons. The lowest BCUT2D eigenvalue weighted by molar-refractivity contribution is -0.131. The van der Waals surface area contributed by atoms with Gasteiger partial charge in [-0.05, 0) is 51.6 Å². The van der Waals surface area contributed by atoms with Crippen molar-refractivity contribution in [2.45, 2.75) is 32.9 Å². The van der Waals surface area contributed by atoms with Crippen LogP contribution in [0.2, 0.25) is 0 Å². The van der Waals surface area contributed by atoms with Crippen LogP contribution in [0.15, 0.2) is 23.2 Å². The summed E-state index contributed by atoms with van der Waals surface area (Å²) in [5.41, 5.74) is 1.70. The quantitative estimate of drug-likeness (QED) is 0.315. The van der Waals surface area contributed by atoms with Crippen molar-refractivity contribution in [2.24, 2.45) is 4.99 Å². The van der Waals surface area contributed by atoms with E-state index >= 15 is 0 Å². The second kappa shape index (κ2) is 13.3. The molecule has 9 heteroatoms. The van der Waals surface area contributed by atoms with Gasteiger partial charge in [0.05, 0.1) is 13.1 Å². The minimum Gasteiger partial charge on any atom is -0.357 e. The number of carbonyl (C=O) groups is 1. The largest absolute Gasteiger partial charge is 0.357 e. The lowest BCUT2D eigenvalue weighted by Crippen LogP contribution is -2.54. The van der Waals surface area contributed by atoms with Crippen molar-refractivity contribution >= 4 is 35.8 Å². The SMILES string of the molecule is CCNC(=NCc1ccc(F)c(CN(C)C)c1)N1CCN(CC(=O)N2CCCC2)CC1.I. The predicted octanol–water partition coefficient (Wildman–Crippen LogP) is 2.21. The number of piperazine rings is 1. The molecule has 1 amide bonds. The standard InChI is InChI=1S/C23H37FN6O.HI/c1-4-25-23(26-16-19-7-8-21(24)20(15-19)17-27(2)3)30-13-11-28(12-14-30)18-22(31)29-9-5-6-10-29;/h7-8,15H,4-6,9-14,16-18H2,1-3H3,(H,25,26);1H. The van der Waals surface area contributed by atoms with Crippen LogP contribution in [0, 0.1) is 5.82 Å². The van der Waals surface area contributed by atoms with Crippen molar-refractivity contribution in [2.75, 3.05) is 66.5 Å². The van der Waals surface area contributed by atoms with Gasteiger partial charge in [0.15, 0.2) is 5.96 Å².